The number of aromatic hydroxyl groups is 1. The maximum atomic E-state index is 12.7. The van der Waals surface area contributed by atoms with Crippen LogP contribution < -0.4 is 10.1 Å². The molecule has 2 N–H and O–H groups in total. The second kappa shape index (κ2) is 10.8. The van der Waals surface area contributed by atoms with Gasteiger partial charge in [0.1, 0.15) is 18.2 Å². The van der Waals surface area contributed by atoms with Crippen molar-refractivity contribution in [1.82, 2.24) is 0 Å². The van der Waals surface area contributed by atoms with Crippen molar-refractivity contribution in [2.75, 3.05) is 19.2 Å². The van der Waals surface area contributed by atoms with Gasteiger partial charge in [-0.05, 0) is 76.4 Å². The van der Waals surface area contributed by atoms with Crippen LogP contribution in [0, 0.1) is 0 Å². The number of carbonyl (C=O) groups excluding carboxylic acids is 1. The number of ketones is 1. The average molecular weight is 424 g/mol. The van der Waals surface area contributed by atoms with Gasteiger partial charge in [-0.2, -0.15) is 0 Å². The highest BCUT2D eigenvalue weighted by atomic mass is 16.5. The number of allylic oxidation sites excluding steroid dienone is 3. The highest BCUT2D eigenvalue weighted by Crippen LogP contribution is 2.30. The first-order valence-corrected chi connectivity index (χ1v) is 10.3. The fraction of sp³-hybridized carbons (Fsp3) is 0.346. The number of carbonyl (C=O) groups is 1. The first-order chi connectivity index (χ1) is 14.6. The lowest BCUT2D eigenvalue weighted by molar-refractivity contribution is 0.00846. The fourth-order valence-electron chi connectivity index (χ4n) is 2.78. The summed E-state index contributed by atoms with van der Waals surface area (Å²) < 4.78 is 11.0. The molecule has 0 bridgehead atoms. The van der Waals surface area contributed by atoms with Crippen LogP contribution in [0.2, 0.25) is 0 Å². The van der Waals surface area contributed by atoms with Gasteiger partial charge in [-0.15, -0.1) is 0 Å². The molecule has 0 unspecified atom stereocenters. The summed E-state index contributed by atoms with van der Waals surface area (Å²) >= 11 is 0. The van der Waals surface area contributed by atoms with E-state index in [1.807, 2.05) is 58.9 Å². The lowest BCUT2D eigenvalue weighted by Crippen LogP contribution is -2.23. The van der Waals surface area contributed by atoms with Gasteiger partial charge in [0.05, 0.1) is 18.3 Å². The highest BCUT2D eigenvalue weighted by molar-refractivity contribution is 6.08. The molecule has 0 atom stereocenters. The van der Waals surface area contributed by atoms with Crippen molar-refractivity contribution in [2.45, 2.75) is 46.6 Å². The molecule has 0 aliphatic rings. The molecule has 0 saturated heterocycles. The van der Waals surface area contributed by atoms with E-state index in [1.54, 1.807) is 19.3 Å². The maximum absolute atomic E-state index is 12.7. The van der Waals surface area contributed by atoms with Crippen molar-refractivity contribution >= 4 is 17.5 Å². The van der Waals surface area contributed by atoms with Crippen molar-refractivity contribution in [1.29, 1.82) is 0 Å². The number of ether oxygens (including phenoxy) is 2. The topological polar surface area (TPSA) is 67.8 Å². The smallest absolute Gasteiger partial charge is 0.189 e. The minimum absolute atomic E-state index is 0.0918. The largest absolute Gasteiger partial charge is 0.507 e. The summed E-state index contributed by atoms with van der Waals surface area (Å²) in [6.45, 7) is 10.5. The van der Waals surface area contributed by atoms with E-state index in [0.717, 1.165) is 16.8 Å². The first kappa shape index (κ1) is 24.2. The van der Waals surface area contributed by atoms with E-state index < -0.39 is 0 Å². The number of nitrogens with one attached hydrogen (secondary N) is 1. The van der Waals surface area contributed by atoms with Crippen molar-refractivity contribution in [3.05, 3.63) is 70.8 Å². The van der Waals surface area contributed by atoms with Crippen LogP contribution in [0.5, 0.6) is 11.5 Å². The Labute approximate surface area is 185 Å². The molecular weight excluding hydrogens is 390 g/mol. The zero-order valence-electron chi connectivity index (χ0n) is 19.3. The molecule has 166 valence electrons. The van der Waals surface area contributed by atoms with Crippen LogP contribution in [0.15, 0.2) is 54.1 Å². The Morgan fingerprint density at radius 1 is 1.13 bits per heavy atom. The number of anilines is 1. The van der Waals surface area contributed by atoms with Gasteiger partial charge in [0.25, 0.3) is 0 Å². The van der Waals surface area contributed by atoms with Crippen LogP contribution in [0.1, 0.15) is 56.1 Å². The van der Waals surface area contributed by atoms with E-state index in [9.17, 15) is 9.90 Å². The number of methoxy groups -OCH3 is 1. The van der Waals surface area contributed by atoms with Crippen LogP contribution in [0.25, 0.3) is 6.08 Å². The SMILES string of the molecule is COc1cc(O)c(C(=O)/C=C/c2ccc(NCOC(C)(C)C)cc2)cc1CC=C(C)C. The van der Waals surface area contributed by atoms with Gasteiger partial charge in [0.15, 0.2) is 5.78 Å². The second-order valence-corrected chi connectivity index (χ2v) is 8.56. The molecule has 2 aromatic carbocycles. The van der Waals surface area contributed by atoms with E-state index in [0.29, 0.717) is 18.9 Å². The molecule has 0 aromatic heterocycles. The summed E-state index contributed by atoms with van der Waals surface area (Å²) in [6, 6.07) is 10.9. The fourth-order valence-corrected chi connectivity index (χ4v) is 2.78. The Balaban J connectivity index is 2.10. The quantitative estimate of drug-likeness (QED) is 0.224. The van der Waals surface area contributed by atoms with Gasteiger partial charge in [-0.1, -0.05) is 29.9 Å². The molecule has 0 aliphatic heterocycles. The molecule has 2 aromatic rings. The van der Waals surface area contributed by atoms with Crippen molar-refractivity contribution in [3.63, 3.8) is 0 Å². The van der Waals surface area contributed by atoms with Gasteiger partial charge in [-0.25, -0.2) is 0 Å². The van der Waals surface area contributed by atoms with Crippen LogP contribution in [0.3, 0.4) is 0 Å². The molecule has 0 saturated carbocycles. The maximum Gasteiger partial charge on any atom is 0.189 e. The molecule has 0 aliphatic carbocycles. The minimum Gasteiger partial charge on any atom is -0.507 e. The van der Waals surface area contributed by atoms with Crippen LogP contribution >= 0.6 is 0 Å². The Bertz CT molecular complexity index is 947. The Morgan fingerprint density at radius 3 is 2.39 bits per heavy atom. The summed E-state index contributed by atoms with van der Waals surface area (Å²) in [5, 5.41) is 13.5. The third-order valence-electron chi connectivity index (χ3n) is 4.51. The molecule has 0 fully saturated rings. The number of phenolic OH excluding ortho intramolecular Hbond substituents is 1. The molecule has 31 heavy (non-hydrogen) atoms. The lowest BCUT2D eigenvalue weighted by Gasteiger charge is -2.20. The predicted octanol–water partition coefficient (Wildman–Crippen LogP) is 5.99. The number of benzene rings is 2. The average Bonchev–Trinajstić information content (AvgIpc) is 2.70. The Kier molecular flexibility index (Phi) is 8.46. The minimum atomic E-state index is -0.264. The van der Waals surface area contributed by atoms with E-state index in [2.05, 4.69) is 11.4 Å². The molecule has 5 nitrogen and oxygen atoms in total. The molecule has 0 radical (unpaired) electrons. The summed E-state index contributed by atoms with van der Waals surface area (Å²) in [7, 11) is 1.55. The molecule has 0 spiro atoms. The van der Waals surface area contributed by atoms with Crippen LogP contribution in [-0.4, -0.2) is 30.3 Å². The second-order valence-electron chi connectivity index (χ2n) is 8.56. The summed E-state index contributed by atoms with van der Waals surface area (Å²) in [4.78, 5) is 12.7. The third-order valence-corrected chi connectivity index (χ3v) is 4.51. The molecule has 5 heteroatoms. The zero-order chi connectivity index (χ0) is 23.0. The van der Waals surface area contributed by atoms with E-state index >= 15 is 0 Å². The van der Waals surface area contributed by atoms with Crippen molar-refractivity contribution < 1.29 is 19.4 Å². The Hall–Kier alpha value is -3.05. The molecule has 0 heterocycles. The van der Waals surface area contributed by atoms with E-state index in [1.165, 1.54) is 17.7 Å². The predicted molar refractivity (Wildman–Crippen MR) is 127 cm³/mol. The zero-order valence-corrected chi connectivity index (χ0v) is 19.3. The molecule has 2 rings (SSSR count). The number of phenols is 1. The number of hydrogen-bond acceptors (Lipinski definition) is 5. The lowest BCUT2D eigenvalue weighted by atomic mass is 10.0. The van der Waals surface area contributed by atoms with Crippen molar-refractivity contribution in [2.24, 2.45) is 0 Å². The number of rotatable bonds is 9. The van der Waals surface area contributed by atoms with Gasteiger partial charge >= 0.3 is 0 Å². The van der Waals surface area contributed by atoms with Gasteiger partial charge in [0, 0.05) is 11.8 Å². The molecule has 0 amide bonds. The van der Waals surface area contributed by atoms with Gasteiger partial charge in [0.2, 0.25) is 0 Å². The monoisotopic (exact) mass is 423 g/mol. The van der Waals surface area contributed by atoms with Crippen LogP contribution in [-0.2, 0) is 11.2 Å². The van der Waals surface area contributed by atoms with Gasteiger partial charge < -0.3 is 19.9 Å². The summed E-state index contributed by atoms with van der Waals surface area (Å²) in [5.74, 6) is 0.208. The number of hydrogen-bond donors (Lipinski definition) is 2. The summed E-state index contributed by atoms with van der Waals surface area (Å²) in [6.07, 6.45) is 5.89. The normalized spacial score (nSPS) is 11.4. The van der Waals surface area contributed by atoms with Crippen molar-refractivity contribution in [3.8, 4) is 11.5 Å². The standard InChI is InChI=1S/C26H33NO4/c1-18(2)7-11-20-15-22(24(29)16-25(20)30-6)23(28)14-10-19-8-12-21(13-9-19)27-17-31-26(3,4)5/h7-10,12-16,27,29H,11,17H2,1-6H3/b14-10+. The molecular formula is C26H33NO4. The van der Waals surface area contributed by atoms with E-state index in [4.69, 9.17) is 9.47 Å². The Morgan fingerprint density at radius 2 is 1.81 bits per heavy atom. The van der Waals surface area contributed by atoms with Gasteiger partial charge in [-0.3, -0.25) is 4.79 Å². The van der Waals surface area contributed by atoms with E-state index in [-0.39, 0.29) is 22.7 Å². The van der Waals surface area contributed by atoms with Crippen LogP contribution in [0.4, 0.5) is 5.69 Å². The third kappa shape index (κ3) is 7.95. The first-order valence-electron chi connectivity index (χ1n) is 10.3. The summed E-state index contributed by atoms with van der Waals surface area (Å²) in [5.41, 5.74) is 3.90. The highest BCUT2D eigenvalue weighted by Gasteiger charge is 2.14.